The summed E-state index contributed by atoms with van der Waals surface area (Å²) in [6.45, 7) is 4.68. The minimum absolute atomic E-state index is 0.584. The topological polar surface area (TPSA) is 30.5 Å². The molecule has 17 heavy (non-hydrogen) atoms. The van der Waals surface area contributed by atoms with Crippen LogP contribution in [0.2, 0.25) is 0 Å². The minimum Gasteiger partial charge on any atom is -0.491 e. The van der Waals surface area contributed by atoms with E-state index in [9.17, 15) is 0 Å². The fourth-order valence-electron chi connectivity index (χ4n) is 1.42. The van der Waals surface area contributed by atoms with Gasteiger partial charge in [-0.3, -0.25) is 0 Å². The molecule has 0 aliphatic heterocycles. The summed E-state index contributed by atoms with van der Waals surface area (Å²) in [5.74, 6) is 0.896. The van der Waals surface area contributed by atoms with Crippen molar-refractivity contribution in [3.05, 3.63) is 42.0 Å². The number of hydrogen-bond acceptors (Lipinski definition) is 3. The highest BCUT2D eigenvalue weighted by molar-refractivity contribution is 5.28. The standard InChI is InChI=1S/C14H21NO2/c1-3-4-8-16-9-10-17-14-7-5-6-13(11-14)12-15-2/h3-7,11,15H,8-10,12H2,1-2H3. The first-order chi connectivity index (χ1) is 8.36. The molecule has 0 saturated heterocycles. The summed E-state index contributed by atoms with van der Waals surface area (Å²) in [5.41, 5.74) is 1.22. The summed E-state index contributed by atoms with van der Waals surface area (Å²) in [6, 6.07) is 8.09. The molecule has 0 unspecified atom stereocenters. The van der Waals surface area contributed by atoms with Crippen LogP contribution in [0.4, 0.5) is 0 Å². The average molecular weight is 235 g/mol. The predicted octanol–water partition coefficient (Wildman–Crippen LogP) is 2.38. The third kappa shape index (κ3) is 6.09. The van der Waals surface area contributed by atoms with Gasteiger partial charge in [-0.15, -0.1) is 0 Å². The van der Waals surface area contributed by atoms with Crippen LogP contribution in [-0.2, 0) is 11.3 Å². The Morgan fingerprint density at radius 1 is 1.29 bits per heavy atom. The van der Waals surface area contributed by atoms with Gasteiger partial charge in [0.25, 0.3) is 0 Å². The Bertz CT molecular complexity index is 337. The highest BCUT2D eigenvalue weighted by Gasteiger charge is 1.96. The normalized spacial score (nSPS) is 10.9. The first-order valence-corrected chi connectivity index (χ1v) is 5.92. The molecule has 1 aromatic carbocycles. The summed E-state index contributed by atoms with van der Waals surface area (Å²) in [6.07, 6.45) is 3.95. The van der Waals surface area contributed by atoms with E-state index >= 15 is 0 Å². The number of nitrogens with one attached hydrogen (secondary N) is 1. The van der Waals surface area contributed by atoms with Gasteiger partial charge in [-0.05, 0) is 31.7 Å². The first kappa shape index (κ1) is 13.7. The second-order valence-electron chi connectivity index (χ2n) is 3.67. The van der Waals surface area contributed by atoms with Gasteiger partial charge in [0.2, 0.25) is 0 Å². The lowest BCUT2D eigenvalue weighted by Crippen LogP contribution is -2.08. The summed E-state index contributed by atoms with van der Waals surface area (Å²) in [5, 5.41) is 3.11. The van der Waals surface area contributed by atoms with Gasteiger partial charge >= 0.3 is 0 Å². The summed E-state index contributed by atoms with van der Waals surface area (Å²) in [4.78, 5) is 0. The lowest BCUT2D eigenvalue weighted by molar-refractivity contribution is 0.121. The smallest absolute Gasteiger partial charge is 0.119 e. The number of hydrogen-bond donors (Lipinski definition) is 1. The monoisotopic (exact) mass is 235 g/mol. The van der Waals surface area contributed by atoms with E-state index in [2.05, 4.69) is 11.4 Å². The van der Waals surface area contributed by atoms with Crippen LogP contribution in [0.15, 0.2) is 36.4 Å². The number of rotatable bonds is 8. The Morgan fingerprint density at radius 3 is 2.94 bits per heavy atom. The van der Waals surface area contributed by atoms with E-state index in [0.717, 1.165) is 12.3 Å². The molecule has 0 amide bonds. The van der Waals surface area contributed by atoms with E-state index in [1.54, 1.807) is 0 Å². The van der Waals surface area contributed by atoms with Crippen molar-refractivity contribution in [1.29, 1.82) is 0 Å². The lowest BCUT2D eigenvalue weighted by atomic mass is 10.2. The molecule has 0 heterocycles. The van der Waals surface area contributed by atoms with Crippen molar-refractivity contribution in [2.75, 3.05) is 26.9 Å². The Kier molecular flexibility index (Phi) is 7.11. The SMILES string of the molecule is CC=CCOCCOc1cccc(CNC)c1. The number of benzene rings is 1. The van der Waals surface area contributed by atoms with Crippen molar-refractivity contribution in [1.82, 2.24) is 5.32 Å². The Balaban J connectivity index is 2.24. The van der Waals surface area contributed by atoms with Gasteiger partial charge in [-0.25, -0.2) is 0 Å². The zero-order valence-corrected chi connectivity index (χ0v) is 10.6. The molecule has 3 nitrogen and oxygen atoms in total. The van der Waals surface area contributed by atoms with Gasteiger partial charge in [-0.1, -0.05) is 24.3 Å². The summed E-state index contributed by atoms with van der Waals surface area (Å²) < 4.78 is 10.9. The zero-order chi connectivity index (χ0) is 12.3. The van der Waals surface area contributed by atoms with Gasteiger partial charge in [0.1, 0.15) is 12.4 Å². The third-order valence-corrected chi connectivity index (χ3v) is 2.23. The fraction of sp³-hybridized carbons (Fsp3) is 0.429. The van der Waals surface area contributed by atoms with Crippen LogP contribution >= 0.6 is 0 Å². The average Bonchev–Trinajstić information content (AvgIpc) is 2.35. The van der Waals surface area contributed by atoms with Crippen molar-refractivity contribution in [2.45, 2.75) is 13.5 Å². The molecular weight excluding hydrogens is 214 g/mol. The first-order valence-electron chi connectivity index (χ1n) is 5.92. The highest BCUT2D eigenvalue weighted by Crippen LogP contribution is 2.12. The summed E-state index contributed by atoms with van der Waals surface area (Å²) >= 11 is 0. The lowest BCUT2D eigenvalue weighted by Gasteiger charge is -2.07. The van der Waals surface area contributed by atoms with Crippen LogP contribution in [0.3, 0.4) is 0 Å². The maximum Gasteiger partial charge on any atom is 0.119 e. The molecular formula is C14H21NO2. The van der Waals surface area contributed by atoms with Crippen LogP contribution < -0.4 is 10.1 Å². The maximum absolute atomic E-state index is 5.60. The molecule has 1 aromatic rings. The molecule has 0 saturated carbocycles. The highest BCUT2D eigenvalue weighted by atomic mass is 16.5. The van der Waals surface area contributed by atoms with Gasteiger partial charge in [-0.2, -0.15) is 0 Å². The van der Waals surface area contributed by atoms with E-state index in [1.165, 1.54) is 5.56 Å². The minimum atomic E-state index is 0.584. The van der Waals surface area contributed by atoms with E-state index in [-0.39, 0.29) is 0 Å². The van der Waals surface area contributed by atoms with Gasteiger partial charge in [0, 0.05) is 6.54 Å². The maximum atomic E-state index is 5.60. The van der Waals surface area contributed by atoms with Crippen LogP contribution in [0.1, 0.15) is 12.5 Å². The second kappa shape index (κ2) is 8.79. The van der Waals surface area contributed by atoms with Crippen molar-refractivity contribution in [3.8, 4) is 5.75 Å². The predicted molar refractivity (Wildman–Crippen MR) is 70.3 cm³/mol. The van der Waals surface area contributed by atoms with Crippen LogP contribution in [0.5, 0.6) is 5.75 Å². The van der Waals surface area contributed by atoms with E-state index in [4.69, 9.17) is 9.47 Å². The molecule has 0 spiro atoms. The molecule has 0 fully saturated rings. The number of allylic oxidation sites excluding steroid dienone is 1. The molecule has 1 N–H and O–H groups in total. The Hall–Kier alpha value is -1.32. The Morgan fingerprint density at radius 2 is 2.18 bits per heavy atom. The van der Waals surface area contributed by atoms with E-state index in [0.29, 0.717) is 19.8 Å². The van der Waals surface area contributed by atoms with Crippen molar-refractivity contribution < 1.29 is 9.47 Å². The molecule has 3 heteroatoms. The second-order valence-corrected chi connectivity index (χ2v) is 3.67. The largest absolute Gasteiger partial charge is 0.491 e. The van der Waals surface area contributed by atoms with Gasteiger partial charge < -0.3 is 14.8 Å². The third-order valence-electron chi connectivity index (χ3n) is 2.23. The molecule has 0 aliphatic carbocycles. The fourth-order valence-corrected chi connectivity index (χ4v) is 1.42. The number of ether oxygens (including phenoxy) is 2. The molecule has 0 radical (unpaired) electrons. The molecule has 1 rings (SSSR count). The van der Waals surface area contributed by atoms with E-state index < -0.39 is 0 Å². The van der Waals surface area contributed by atoms with Crippen LogP contribution in [0, 0.1) is 0 Å². The van der Waals surface area contributed by atoms with Crippen molar-refractivity contribution in [3.63, 3.8) is 0 Å². The van der Waals surface area contributed by atoms with Gasteiger partial charge in [0.15, 0.2) is 0 Å². The van der Waals surface area contributed by atoms with Crippen molar-refractivity contribution >= 4 is 0 Å². The molecule has 0 aromatic heterocycles. The van der Waals surface area contributed by atoms with Crippen molar-refractivity contribution in [2.24, 2.45) is 0 Å². The van der Waals surface area contributed by atoms with Crippen LogP contribution in [-0.4, -0.2) is 26.9 Å². The van der Waals surface area contributed by atoms with E-state index in [1.807, 2.05) is 44.3 Å². The quantitative estimate of drug-likeness (QED) is 0.554. The molecule has 94 valence electrons. The molecule has 0 bridgehead atoms. The zero-order valence-electron chi connectivity index (χ0n) is 10.6. The summed E-state index contributed by atoms with van der Waals surface area (Å²) in [7, 11) is 1.93. The molecule has 0 atom stereocenters. The van der Waals surface area contributed by atoms with Crippen LogP contribution in [0.25, 0.3) is 0 Å². The molecule has 0 aliphatic rings. The Labute approximate surface area is 103 Å². The van der Waals surface area contributed by atoms with Gasteiger partial charge in [0.05, 0.1) is 13.2 Å².